The third-order valence-electron chi connectivity index (χ3n) is 5.26. The Labute approximate surface area is 178 Å². The Morgan fingerprint density at radius 1 is 1.03 bits per heavy atom. The first-order valence-corrected chi connectivity index (χ1v) is 10.1. The van der Waals surface area contributed by atoms with E-state index in [1.807, 2.05) is 21.9 Å². The number of amides is 2. The molecule has 3 heterocycles. The molecule has 0 radical (unpaired) electrons. The SMILES string of the molecule is CCOC(=O)CCOC1CCN(C(=O)N2CCN(c3ccncc3)CC2)CC1.Cl. The molecule has 1 aromatic rings. The van der Waals surface area contributed by atoms with Crippen molar-refractivity contribution in [3.05, 3.63) is 24.5 Å². The number of piperazine rings is 1. The lowest BCUT2D eigenvalue weighted by Gasteiger charge is -2.40. The number of piperidine rings is 1. The van der Waals surface area contributed by atoms with Crippen LogP contribution in [0.2, 0.25) is 0 Å². The lowest BCUT2D eigenvalue weighted by atomic mass is 10.1. The number of anilines is 1. The number of hydrogen-bond donors (Lipinski definition) is 0. The number of carbonyl (C=O) groups excluding carboxylic acids is 2. The smallest absolute Gasteiger partial charge is 0.320 e. The number of carbonyl (C=O) groups is 2. The largest absolute Gasteiger partial charge is 0.466 e. The van der Waals surface area contributed by atoms with Crippen molar-refractivity contribution in [1.82, 2.24) is 14.8 Å². The lowest BCUT2D eigenvalue weighted by Crippen LogP contribution is -2.54. The Morgan fingerprint density at radius 3 is 2.28 bits per heavy atom. The number of nitrogens with zero attached hydrogens (tertiary/aromatic N) is 4. The monoisotopic (exact) mass is 426 g/mol. The molecule has 0 unspecified atom stereocenters. The maximum atomic E-state index is 12.8. The zero-order chi connectivity index (χ0) is 19.8. The number of halogens is 1. The quantitative estimate of drug-likeness (QED) is 0.649. The summed E-state index contributed by atoms with van der Waals surface area (Å²) in [6.07, 6.45) is 5.62. The molecule has 1 aromatic heterocycles. The molecule has 162 valence electrons. The Hall–Kier alpha value is -2.06. The minimum Gasteiger partial charge on any atom is -0.466 e. The summed E-state index contributed by atoms with van der Waals surface area (Å²) >= 11 is 0. The summed E-state index contributed by atoms with van der Waals surface area (Å²) in [6, 6.07) is 4.13. The second-order valence-electron chi connectivity index (χ2n) is 7.07. The van der Waals surface area contributed by atoms with Crippen molar-refractivity contribution in [2.24, 2.45) is 0 Å². The van der Waals surface area contributed by atoms with E-state index < -0.39 is 0 Å². The Balaban J connectivity index is 0.00000300. The van der Waals surface area contributed by atoms with Crippen molar-refractivity contribution in [1.29, 1.82) is 0 Å². The molecule has 0 aliphatic carbocycles. The summed E-state index contributed by atoms with van der Waals surface area (Å²) < 4.78 is 10.7. The van der Waals surface area contributed by atoms with Gasteiger partial charge in [0.2, 0.25) is 0 Å². The van der Waals surface area contributed by atoms with Crippen molar-refractivity contribution >= 4 is 30.1 Å². The lowest BCUT2D eigenvalue weighted by molar-refractivity contribution is -0.144. The first-order valence-electron chi connectivity index (χ1n) is 10.1. The van der Waals surface area contributed by atoms with E-state index >= 15 is 0 Å². The maximum absolute atomic E-state index is 12.8. The van der Waals surface area contributed by atoms with Gasteiger partial charge in [0.05, 0.1) is 25.7 Å². The molecular formula is C20H31ClN4O4. The molecule has 2 aliphatic heterocycles. The molecule has 8 nitrogen and oxygen atoms in total. The fourth-order valence-corrected chi connectivity index (χ4v) is 3.67. The maximum Gasteiger partial charge on any atom is 0.320 e. The number of esters is 1. The van der Waals surface area contributed by atoms with Crippen molar-refractivity contribution < 1.29 is 19.1 Å². The van der Waals surface area contributed by atoms with Crippen LogP contribution >= 0.6 is 12.4 Å². The van der Waals surface area contributed by atoms with E-state index in [-0.39, 0.29) is 36.9 Å². The van der Waals surface area contributed by atoms with Gasteiger partial charge in [-0.2, -0.15) is 0 Å². The molecule has 2 aliphatic rings. The summed E-state index contributed by atoms with van der Waals surface area (Å²) in [5.41, 5.74) is 1.16. The Kier molecular flexibility index (Phi) is 9.47. The zero-order valence-electron chi connectivity index (χ0n) is 17.0. The molecule has 2 saturated heterocycles. The van der Waals surface area contributed by atoms with E-state index in [2.05, 4.69) is 9.88 Å². The molecule has 0 atom stereocenters. The summed E-state index contributed by atoms with van der Waals surface area (Å²) in [4.78, 5) is 34.4. The number of likely N-dealkylation sites (tertiary alicyclic amines) is 1. The van der Waals surface area contributed by atoms with E-state index in [9.17, 15) is 9.59 Å². The van der Waals surface area contributed by atoms with Crippen LogP contribution in [0, 0.1) is 0 Å². The highest BCUT2D eigenvalue weighted by molar-refractivity contribution is 5.85. The highest BCUT2D eigenvalue weighted by Gasteiger charge is 2.29. The van der Waals surface area contributed by atoms with Crippen LogP contribution in [0.3, 0.4) is 0 Å². The third kappa shape index (κ3) is 6.75. The summed E-state index contributed by atoms with van der Waals surface area (Å²) in [7, 11) is 0. The predicted molar refractivity (Wildman–Crippen MR) is 112 cm³/mol. The molecule has 0 aromatic carbocycles. The number of urea groups is 1. The van der Waals surface area contributed by atoms with Gasteiger partial charge in [-0.1, -0.05) is 0 Å². The molecule has 2 amide bonds. The van der Waals surface area contributed by atoms with Gasteiger partial charge < -0.3 is 24.2 Å². The first-order chi connectivity index (χ1) is 13.7. The minimum atomic E-state index is -0.221. The van der Waals surface area contributed by atoms with Gasteiger partial charge in [0, 0.05) is 57.3 Å². The number of rotatable bonds is 6. The summed E-state index contributed by atoms with van der Waals surface area (Å²) in [5.74, 6) is -0.221. The summed E-state index contributed by atoms with van der Waals surface area (Å²) in [6.45, 7) is 7.12. The van der Waals surface area contributed by atoms with E-state index in [0.29, 0.717) is 26.3 Å². The Bertz CT molecular complexity index is 633. The third-order valence-corrected chi connectivity index (χ3v) is 5.26. The van der Waals surface area contributed by atoms with E-state index in [1.54, 1.807) is 19.3 Å². The highest BCUT2D eigenvalue weighted by Crippen LogP contribution is 2.18. The number of hydrogen-bond acceptors (Lipinski definition) is 6. The second kappa shape index (κ2) is 11.8. The minimum absolute atomic E-state index is 0. The first kappa shape index (κ1) is 23.2. The molecule has 0 bridgehead atoms. The van der Waals surface area contributed by atoms with E-state index in [0.717, 1.165) is 44.7 Å². The molecule has 2 fully saturated rings. The van der Waals surface area contributed by atoms with Crippen molar-refractivity contribution in [3.63, 3.8) is 0 Å². The van der Waals surface area contributed by atoms with Crippen LogP contribution in [0.1, 0.15) is 26.2 Å². The van der Waals surface area contributed by atoms with Crippen LogP contribution in [-0.2, 0) is 14.3 Å². The second-order valence-corrected chi connectivity index (χ2v) is 7.07. The topological polar surface area (TPSA) is 75.2 Å². The molecule has 9 heteroatoms. The van der Waals surface area contributed by atoms with Crippen LogP contribution in [0.5, 0.6) is 0 Å². The van der Waals surface area contributed by atoms with Gasteiger partial charge in [-0.3, -0.25) is 9.78 Å². The predicted octanol–water partition coefficient (Wildman–Crippen LogP) is 2.18. The summed E-state index contributed by atoms with van der Waals surface area (Å²) in [5, 5.41) is 0. The van der Waals surface area contributed by atoms with Gasteiger partial charge >= 0.3 is 12.0 Å². The van der Waals surface area contributed by atoms with E-state index in [4.69, 9.17) is 9.47 Å². The van der Waals surface area contributed by atoms with Gasteiger partial charge in [-0.15, -0.1) is 12.4 Å². The van der Waals surface area contributed by atoms with Crippen LogP contribution in [0.25, 0.3) is 0 Å². The highest BCUT2D eigenvalue weighted by atomic mass is 35.5. The molecule has 29 heavy (non-hydrogen) atoms. The van der Waals surface area contributed by atoms with Gasteiger partial charge in [0.1, 0.15) is 0 Å². The van der Waals surface area contributed by atoms with Crippen LogP contribution in [0.15, 0.2) is 24.5 Å². The van der Waals surface area contributed by atoms with Crippen molar-refractivity contribution in [3.8, 4) is 0 Å². The number of pyridine rings is 1. The Morgan fingerprint density at radius 2 is 1.66 bits per heavy atom. The molecule has 0 saturated carbocycles. The van der Waals surface area contributed by atoms with Crippen LogP contribution in [-0.4, -0.2) is 85.4 Å². The van der Waals surface area contributed by atoms with Crippen LogP contribution in [0.4, 0.5) is 10.5 Å². The van der Waals surface area contributed by atoms with Crippen molar-refractivity contribution in [2.75, 3.05) is 57.4 Å². The fraction of sp³-hybridized carbons (Fsp3) is 0.650. The van der Waals surface area contributed by atoms with Gasteiger partial charge in [-0.05, 0) is 31.9 Å². The van der Waals surface area contributed by atoms with Gasteiger partial charge in [0.25, 0.3) is 0 Å². The van der Waals surface area contributed by atoms with Crippen LogP contribution < -0.4 is 4.90 Å². The van der Waals surface area contributed by atoms with Gasteiger partial charge in [-0.25, -0.2) is 4.79 Å². The normalized spacial score (nSPS) is 17.6. The van der Waals surface area contributed by atoms with Gasteiger partial charge in [0.15, 0.2) is 0 Å². The molecule has 0 N–H and O–H groups in total. The van der Waals surface area contributed by atoms with Crippen molar-refractivity contribution in [2.45, 2.75) is 32.3 Å². The molecule has 3 rings (SSSR count). The average Bonchev–Trinajstić information content (AvgIpc) is 2.75. The molecular weight excluding hydrogens is 396 g/mol. The zero-order valence-corrected chi connectivity index (χ0v) is 17.8. The number of aromatic nitrogens is 1. The molecule has 0 spiro atoms. The average molecular weight is 427 g/mol. The fourth-order valence-electron chi connectivity index (χ4n) is 3.67. The van der Waals surface area contributed by atoms with E-state index in [1.165, 1.54) is 0 Å². The standard InChI is InChI=1S/C20H30N4O4.ClH/c1-2-27-19(25)7-16-28-18-5-10-23(11-6-18)20(26)24-14-12-22(13-15-24)17-3-8-21-9-4-17;/h3-4,8-9,18H,2,5-7,10-16H2,1H3;1H. The number of ether oxygens (including phenoxy) is 2.